The average Bonchev–Trinajstić information content (AvgIpc) is 2.10. The zero-order chi connectivity index (χ0) is 17.2. The number of hydrogen-bond donors (Lipinski definition) is 0. The van der Waals surface area contributed by atoms with Crippen molar-refractivity contribution in [2.24, 2.45) is 0 Å². The van der Waals surface area contributed by atoms with Crippen molar-refractivity contribution in [3.05, 3.63) is 0 Å². The normalized spacial score (nSPS) is 13.4. The van der Waals surface area contributed by atoms with E-state index in [0.29, 0.717) is 0 Å². The molecule has 0 aromatic heterocycles. The van der Waals surface area contributed by atoms with Gasteiger partial charge in [0.15, 0.2) is 0 Å². The lowest BCUT2D eigenvalue weighted by atomic mass is 10.4. The van der Waals surface area contributed by atoms with E-state index >= 15 is 0 Å². The lowest BCUT2D eigenvalue weighted by molar-refractivity contribution is -0.217. The van der Waals surface area contributed by atoms with Gasteiger partial charge in [0, 0.05) is 0 Å². The minimum absolute atomic E-state index is 3.68. The highest BCUT2D eigenvalue weighted by atomic mass is 19.4. The zero-order valence-corrected chi connectivity index (χ0v) is 8.35. The summed E-state index contributed by atoms with van der Waals surface area (Å²) < 4.78 is 131. The Bertz CT molecular complexity index is 284. The van der Waals surface area contributed by atoms with Crippen LogP contribution in [0.2, 0.25) is 0 Å². The van der Waals surface area contributed by atoms with E-state index < -0.39 is 36.3 Å². The third kappa shape index (κ3) is 7.83. The summed E-state index contributed by atoms with van der Waals surface area (Å²) in [7, 11) is 0. The first-order valence-corrected chi connectivity index (χ1v) is 3.68. The Labute approximate surface area is 99.9 Å². The van der Waals surface area contributed by atoms with Gasteiger partial charge < -0.3 is 0 Å². The van der Waals surface area contributed by atoms with Crippen LogP contribution in [-0.4, -0.2) is 36.3 Å². The fraction of sp³-hybridized carbons (Fsp3) is 0.667. The van der Waals surface area contributed by atoms with Crippen molar-refractivity contribution >= 4 is 11.6 Å². The summed E-state index contributed by atoms with van der Waals surface area (Å²) in [5.74, 6) is -7.36. The lowest BCUT2D eigenvalue weighted by Crippen LogP contribution is -2.36. The van der Waals surface area contributed by atoms with Crippen molar-refractivity contribution < 1.29 is 62.3 Å². The molecule has 0 bridgehead atoms. The van der Waals surface area contributed by atoms with Crippen molar-refractivity contribution in [3.63, 3.8) is 0 Å². The molecule has 14 heteroatoms. The van der Waals surface area contributed by atoms with Crippen molar-refractivity contribution in [2.45, 2.75) is 24.7 Å². The molecule has 0 radical (unpaired) electrons. The van der Waals surface area contributed by atoms with Crippen molar-refractivity contribution in [1.82, 2.24) is 0 Å². The SMILES string of the molecule is O=C(C(F)(F)F)C(F)(F)F.O=C(C(F)(F)F)C(F)(F)F. The van der Waals surface area contributed by atoms with Gasteiger partial charge in [-0.05, 0) is 0 Å². The van der Waals surface area contributed by atoms with Gasteiger partial charge >= 0.3 is 36.3 Å². The number of hydrogen-bond acceptors (Lipinski definition) is 2. The average molecular weight is 332 g/mol. The van der Waals surface area contributed by atoms with Gasteiger partial charge in [0.05, 0.1) is 0 Å². The molecule has 0 atom stereocenters. The number of carbonyl (C=O) groups excluding carboxylic acids is 2. The third-order valence-corrected chi connectivity index (χ3v) is 1.03. The molecule has 0 aromatic rings. The van der Waals surface area contributed by atoms with E-state index in [4.69, 9.17) is 0 Å². The van der Waals surface area contributed by atoms with Gasteiger partial charge in [-0.15, -0.1) is 0 Å². The maximum absolute atomic E-state index is 10.9. The van der Waals surface area contributed by atoms with Crippen molar-refractivity contribution in [1.29, 1.82) is 0 Å². The van der Waals surface area contributed by atoms with Crippen LogP contribution < -0.4 is 0 Å². The second kappa shape index (κ2) is 5.87. The summed E-state index contributed by atoms with van der Waals surface area (Å²) >= 11 is 0. The molecule has 0 aromatic carbocycles. The quantitative estimate of drug-likeness (QED) is 0.638. The molecule has 0 saturated heterocycles. The van der Waals surface area contributed by atoms with E-state index in [0.717, 1.165) is 0 Å². The van der Waals surface area contributed by atoms with Gasteiger partial charge in [-0.25, -0.2) is 0 Å². The Morgan fingerprint density at radius 2 is 0.500 bits per heavy atom. The topological polar surface area (TPSA) is 34.1 Å². The van der Waals surface area contributed by atoms with Gasteiger partial charge in [0.25, 0.3) is 0 Å². The molecule has 0 unspecified atom stereocenters. The lowest BCUT2D eigenvalue weighted by Gasteiger charge is -2.06. The van der Waals surface area contributed by atoms with E-state index in [1.54, 1.807) is 0 Å². The summed E-state index contributed by atoms with van der Waals surface area (Å²) in [5, 5.41) is 0. The number of Topliss-reactive ketones (excluding diaryl/α,β-unsaturated/α-hetero) is 2. The van der Waals surface area contributed by atoms with Crippen molar-refractivity contribution in [2.75, 3.05) is 0 Å². The summed E-state index contributed by atoms with van der Waals surface area (Å²) in [6.07, 6.45) is -23.3. The first kappa shape index (κ1) is 20.8. The summed E-state index contributed by atoms with van der Waals surface area (Å²) in [4.78, 5) is 18.5. The highest BCUT2D eigenvalue weighted by Crippen LogP contribution is 2.28. The highest BCUT2D eigenvalue weighted by Gasteiger charge is 2.56. The molecular formula is C6F12O2. The monoisotopic (exact) mass is 332 g/mol. The molecule has 0 heterocycles. The highest BCUT2D eigenvalue weighted by molar-refractivity contribution is 5.89. The number of carbonyl (C=O) groups is 2. The van der Waals surface area contributed by atoms with Gasteiger partial charge in [0.1, 0.15) is 0 Å². The standard InChI is InChI=1S/2C3F6O/c2*4-2(5,6)1(10)3(7,8)9. The number of alkyl halides is 12. The van der Waals surface area contributed by atoms with E-state index in [1.165, 1.54) is 0 Å². The largest absolute Gasteiger partial charge is 0.459 e. The summed E-state index contributed by atoms with van der Waals surface area (Å²) in [5.41, 5.74) is 0. The first-order valence-electron chi connectivity index (χ1n) is 3.68. The summed E-state index contributed by atoms with van der Waals surface area (Å²) in [6, 6.07) is 0. The van der Waals surface area contributed by atoms with E-state index in [1.807, 2.05) is 0 Å². The predicted octanol–water partition coefficient (Wildman–Crippen LogP) is 3.36. The van der Waals surface area contributed by atoms with Gasteiger partial charge in [0.2, 0.25) is 0 Å². The second-order valence-electron chi connectivity index (χ2n) is 2.65. The molecular weight excluding hydrogens is 332 g/mol. The molecule has 0 fully saturated rings. The van der Waals surface area contributed by atoms with Crippen LogP contribution in [0.25, 0.3) is 0 Å². The molecule has 0 rings (SSSR count). The maximum Gasteiger partial charge on any atom is 0.459 e. The Morgan fingerprint density at radius 3 is 0.500 bits per heavy atom. The molecule has 0 aliphatic rings. The van der Waals surface area contributed by atoms with Crippen LogP contribution in [0.5, 0.6) is 0 Å². The van der Waals surface area contributed by atoms with Crippen LogP contribution in [0, 0.1) is 0 Å². The number of rotatable bonds is 0. The fourth-order valence-electron chi connectivity index (χ4n) is 0.321. The Hall–Kier alpha value is -1.50. The molecule has 120 valence electrons. The van der Waals surface area contributed by atoms with Crippen LogP contribution >= 0.6 is 0 Å². The van der Waals surface area contributed by atoms with Gasteiger partial charge in [-0.2, -0.15) is 52.7 Å². The van der Waals surface area contributed by atoms with Crippen LogP contribution in [0.3, 0.4) is 0 Å². The molecule has 20 heavy (non-hydrogen) atoms. The molecule has 0 aliphatic heterocycles. The zero-order valence-electron chi connectivity index (χ0n) is 8.35. The molecule has 0 N–H and O–H groups in total. The molecule has 2 nitrogen and oxygen atoms in total. The molecule has 0 aliphatic carbocycles. The smallest absolute Gasteiger partial charge is 0.279 e. The number of halogens is 12. The summed E-state index contributed by atoms with van der Waals surface area (Å²) in [6.45, 7) is 0. The van der Waals surface area contributed by atoms with Crippen molar-refractivity contribution in [3.8, 4) is 0 Å². The maximum atomic E-state index is 10.9. The Kier molecular flexibility index (Phi) is 6.10. The van der Waals surface area contributed by atoms with E-state index in [2.05, 4.69) is 0 Å². The number of ketones is 2. The minimum Gasteiger partial charge on any atom is -0.279 e. The first-order chi connectivity index (χ1) is 8.31. The van der Waals surface area contributed by atoms with Crippen LogP contribution in [0.15, 0.2) is 0 Å². The van der Waals surface area contributed by atoms with Crippen LogP contribution in [0.1, 0.15) is 0 Å². The minimum atomic E-state index is -5.82. The second-order valence-corrected chi connectivity index (χ2v) is 2.65. The van der Waals surface area contributed by atoms with Gasteiger partial charge in [-0.3, -0.25) is 9.59 Å². The van der Waals surface area contributed by atoms with E-state index in [-0.39, 0.29) is 0 Å². The molecule has 0 saturated carbocycles. The Morgan fingerprint density at radius 1 is 0.400 bits per heavy atom. The fourth-order valence-corrected chi connectivity index (χ4v) is 0.321. The van der Waals surface area contributed by atoms with Crippen LogP contribution in [-0.2, 0) is 9.59 Å². The third-order valence-electron chi connectivity index (χ3n) is 1.03. The van der Waals surface area contributed by atoms with E-state index in [9.17, 15) is 62.3 Å². The Balaban J connectivity index is 0. The molecule has 0 amide bonds. The predicted molar refractivity (Wildman–Crippen MR) is 34.2 cm³/mol. The van der Waals surface area contributed by atoms with Crippen LogP contribution in [0.4, 0.5) is 52.7 Å². The van der Waals surface area contributed by atoms with Gasteiger partial charge in [-0.1, -0.05) is 0 Å². The molecule has 0 spiro atoms.